The number of hydrogen-bond acceptors (Lipinski definition) is 2. The summed E-state index contributed by atoms with van der Waals surface area (Å²) in [4.78, 5) is 0. The maximum Gasteiger partial charge on any atom is 0.214 e. The molecule has 0 aromatic heterocycles. The first kappa shape index (κ1) is 13.3. The Bertz CT molecular complexity index is 301. The van der Waals surface area contributed by atoms with Crippen LogP contribution in [0, 0.1) is 0 Å². The van der Waals surface area contributed by atoms with Gasteiger partial charge < -0.3 is 0 Å². The normalized spacial score (nSPS) is 22.1. The number of hydrogen-bond donors (Lipinski definition) is 0. The fourth-order valence-electron chi connectivity index (χ4n) is 2.09. The summed E-state index contributed by atoms with van der Waals surface area (Å²) in [7, 11) is -3.07. The van der Waals surface area contributed by atoms with Gasteiger partial charge in [0.15, 0.2) is 0 Å². The third-order valence-electron chi connectivity index (χ3n) is 2.95. The number of nitrogens with zero attached hydrogens (tertiary/aromatic N) is 1. The zero-order valence-electron chi connectivity index (χ0n) is 9.50. The SMILES string of the molecule is CC1(C)CCCN1S(=O)(=O)CCCCCl. The van der Waals surface area contributed by atoms with Crippen molar-refractivity contribution in [2.45, 2.75) is 45.1 Å². The zero-order chi connectivity index (χ0) is 11.5. The van der Waals surface area contributed by atoms with E-state index in [4.69, 9.17) is 11.6 Å². The summed E-state index contributed by atoms with van der Waals surface area (Å²) < 4.78 is 25.7. The van der Waals surface area contributed by atoms with Gasteiger partial charge in [-0.15, -0.1) is 11.6 Å². The highest BCUT2D eigenvalue weighted by Crippen LogP contribution is 2.31. The molecule has 1 fully saturated rings. The quantitative estimate of drug-likeness (QED) is 0.557. The second-order valence-electron chi connectivity index (χ2n) is 4.70. The van der Waals surface area contributed by atoms with Crippen LogP contribution in [0.25, 0.3) is 0 Å². The second kappa shape index (κ2) is 5.02. The van der Waals surface area contributed by atoms with E-state index in [2.05, 4.69) is 0 Å². The van der Waals surface area contributed by atoms with Crippen LogP contribution in [0.5, 0.6) is 0 Å². The number of halogens is 1. The van der Waals surface area contributed by atoms with Crippen molar-refractivity contribution < 1.29 is 8.42 Å². The van der Waals surface area contributed by atoms with Crippen LogP contribution in [0.1, 0.15) is 39.5 Å². The van der Waals surface area contributed by atoms with E-state index in [9.17, 15) is 8.42 Å². The Morgan fingerprint density at radius 2 is 2.00 bits per heavy atom. The zero-order valence-corrected chi connectivity index (χ0v) is 11.1. The standard InChI is InChI=1S/C10H20ClNO2S/c1-10(2)6-5-8-12(10)15(13,14)9-4-3-7-11/h3-9H2,1-2H3. The van der Waals surface area contributed by atoms with E-state index >= 15 is 0 Å². The minimum Gasteiger partial charge on any atom is -0.212 e. The molecule has 0 saturated carbocycles. The molecule has 0 aromatic rings. The lowest BCUT2D eigenvalue weighted by molar-refractivity contribution is 0.291. The number of rotatable bonds is 5. The molecule has 0 spiro atoms. The van der Waals surface area contributed by atoms with Crippen LogP contribution >= 0.6 is 11.6 Å². The highest BCUT2D eigenvalue weighted by molar-refractivity contribution is 7.89. The monoisotopic (exact) mass is 253 g/mol. The summed E-state index contributed by atoms with van der Waals surface area (Å²) in [6.07, 6.45) is 3.37. The van der Waals surface area contributed by atoms with E-state index in [0.717, 1.165) is 19.3 Å². The van der Waals surface area contributed by atoms with Crippen LogP contribution in [-0.4, -0.2) is 36.4 Å². The summed E-state index contributed by atoms with van der Waals surface area (Å²) in [5.74, 6) is 0.780. The lowest BCUT2D eigenvalue weighted by Crippen LogP contribution is -2.43. The van der Waals surface area contributed by atoms with Crippen LogP contribution in [-0.2, 0) is 10.0 Å². The molecule has 0 unspecified atom stereocenters. The van der Waals surface area contributed by atoms with Gasteiger partial charge in [-0.05, 0) is 39.5 Å². The smallest absolute Gasteiger partial charge is 0.212 e. The predicted molar refractivity (Wildman–Crippen MR) is 63.8 cm³/mol. The van der Waals surface area contributed by atoms with Gasteiger partial charge >= 0.3 is 0 Å². The third kappa shape index (κ3) is 3.33. The fourth-order valence-corrected chi connectivity index (χ4v) is 4.32. The largest absolute Gasteiger partial charge is 0.214 e. The Balaban J connectivity index is 2.61. The van der Waals surface area contributed by atoms with Crippen LogP contribution < -0.4 is 0 Å². The molecule has 0 aromatic carbocycles. The molecule has 1 aliphatic rings. The summed E-state index contributed by atoms with van der Waals surface area (Å²) in [5, 5.41) is 0. The van der Waals surface area contributed by atoms with E-state index in [-0.39, 0.29) is 11.3 Å². The summed E-state index contributed by atoms with van der Waals surface area (Å²) >= 11 is 5.54. The van der Waals surface area contributed by atoms with Crippen molar-refractivity contribution in [1.82, 2.24) is 4.31 Å². The van der Waals surface area contributed by atoms with Gasteiger partial charge in [0.2, 0.25) is 10.0 Å². The Kier molecular flexibility index (Phi) is 4.44. The fraction of sp³-hybridized carbons (Fsp3) is 1.00. The van der Waals surface area contributed by atoms with E-state index in [1.165, 1.54) is 0 Å². The van der Waals surface area contributed by atoms with Crippen molar-refractivity contribution in [2.24, 2.45) is 0 Å². The summed E-state index contributed by atoms with van der Waals surface area (Å²) in [6, 6.07) is 0. The van der Waals surface area contributed by atoms with Crippen molar-refractivity contribution in [1.29, 1.82) is 0 Å². The number of unbranched alkanes of at least 4 members (excludes halogenated alkanes) is 1. The van der Waals surface area contributed by atoms with E-state index in [1.54, 1.807) is 4.31 Å². The lowest BCUT2D eigenvalue weighted by Gasteiger charge is -2.30. The highest BCUT2D eigenvalue weighted by atomic mass is 35.5. The van der Waals surface area contributed by atoms with Gasteiger partial charge in [-0.1, -0.05) is 0 Å². The predicted octanol–water partition coefficient (Wildman–Crippen LogP) is 2.21. The van der Waals surface area contributed by atoms with Gasteiger partial charge in [-0.3, -0.25) is 0 Å². The van der Waals surface area contributed by atoms with Crippen LogP contribution in [0.3, 0.4) is 0 Å². The minimum atomic E-state index is -3.07. The first-order valence-corrected chi connectivity index (χ1v) is 7.61. The lowest BCUT2D eigenvalue weighted by atomic mass is 10.0. The Hall–Kier alpha value is 0.200. The molecule has 0 radical (unpaired) electrons. The molecule has 90 valence electrons. The maximum atomic E-state index is 12.0. The second-order valence-corrected chi connectivity index (χ2v) is 7.09. The van der Waals surface area contributed by atoms with Gasteiger partial charge in [0.05, 0.1) is 5.75 Å². The van der Waals surface area contributed by atoms with Crippen LogP contribution in [0.2, 0.25) is 0 Å². The molecule has 0 atom stereocenters. The first-order chi connectivity index (χ1) is 6.90. The van der Waals surface area contributed by atoms with Crippen LogP contribution in [0.4, 0.5) is 0 Å². The topological polar surface area (TPSA) is 37.4 Å². The summed E-state index contributed by atoms with van der Waals surface area (Å²) in [5.41, 5.74) is -0.195. The molecular formula is C10H20ClNO2S. The van der Waals surface area contributed by atoms with E-state index in [0.29, 0.717) is 18.8 Å². The molecule has 1 heterocycles. The van der Waals surface area contributed by atoms with Crippen LogP contribution in [0.15, 0.2) is 0 Å². The van der Waals surface area contributed by atoms with Gasteiger partial charge in [-0.2, -0.15) is 4.31 Å². The number of alkyl halides is 1. The maximum absolute atomic E-state index is 12.0. The Morgan fingerprint density at radius 1 is 1.33 bits per heavy atom. The van der Waals surface area contributed by atoms with Gasteiger partial charge in [0.1, 0.15) is 0 Å². The molecule has 0 amide bonds. The average Bonchev–Trinajstić information content (AvgIpc) is 2.46. The van der Waals surface area contributed by atoms with Gasteiger partial charge in [0, 0.05) is 18.0 Å². The minimum absolute atomic E-state index is 0.195. The average molecular weight is 254 g/mol. The molecule has 0 bridgehead atoms. The Morgan fingerprint density at radius 3 is 2.47 bits per heavy atom. The number of sulfonamides is 1. The third-order valence-corrected chi connectivity index (χ3v) is 5.37. The molecular weight excluding hydrogens is 234 g/mol. The first-order valence-electron chi connectivity index (χ1n) is 5.47. The molecule has 1 saturated heterocycles. The molecule has 1 rings (SSSR count). The molecule has 0 N–H and O–H groups in total. The van der Waals surface area contributed by atoms with E-state index < -0.39 is 10.0 Å². The van der Waals surface area contributed by atoms with Gasteiger partial charge in [0.25, 0.3) is 0 Å². The Labute approximate surface area is 97.8 Å². The van der Waals surface area contributed by atoms with Crippen molar-refractivity contribution in [2.75, 3.05) is 18.2 Å². The molecule has 3 nitrogen and oxygen atoms in total. The highest BCUT2D eigenvalue weighted by Gasteiger charge is 2.39. The van der Waals surface area contributed by atoms with Crippen molar-refractivity contribution in [3.8, 4) is 0 Å². The van der Waals surface area contributed by atoms with E-state index in [1.807, 2.05) is 13.8 Å². The van der Waals surface area contributed by atoms with Crippen molar-refractivity contribution >= 4 is 21.6 Å². The summed E-state index contributed by atoms with van der Waals surface area (Å²) in [6.45, 7) is 4.68. The van der Waals surface area contributed by atoms with Gasteiger partial charge in [-0.25, -0.2) is 8.42 Å². The molecule has 1 aliphatic heterocycles. The molecule has 15 heavy (non-hydrogen) atoms. The van der Waals surface area contributed by atoms with Crippen molar-refractivity contribution in [3.05, 3.63) is 0 Å². The van der Waals surface area contributed by atoms with Crippen molar-refractivity contribution in [3.63, 3.8) is 0 Å². The molecule has 0 aliphatic carbocycles. The molecule has 5 heteroatoms.